The smallest absolute Gasteiger partial charge is 0.268 e. The fourth-order valence-electron chi connectivity index (χ4n) is 1.21. The van der Waals surface area contributed by atoms with Crippen LogP contribution in [0.25, 0.3) is 12.2 Å². The van der Waals surface area contributed by atoms with Gasteiger partial charge in [0.2, 0.25) is 5.89 Å². The van der Waals surface area contributed by atoms with E-state index in [0.29, 0.717) is 10.0 Å². The van der Waals surface area contributed by atoms with Crippen LogP contribution in [0.5, 0.6) is 0 Å². The van der Waals surface area contributed by atoms with Crippen LogP contribution in [0.3, 0.4) is 0 Å². The summed E-state index contributed by atoms with van der Waals surface area (Å²) in [6, 6.07) is 5.10. The molecule has 1 heterocycles. The maximum absolute atomic E-state index is 6.01. The highest BCUT2D eigenvalue weighted by Crippen LogP contribution is 2.37. The van der Waals surface area contributed by atoms with E-state index in [-0.39, 0.29) is 11.8 Å². The molecule has 1 aromatic heterocycles. The third-order valence-corrected chi connectivity index (χ3v) is 3.10. The minimum Gasteiger partial charge on any atom is -0.417 e. The van der Waals surface area contributed by atoms with Gasteiger partial charge in [-0.2, -0.15) is 0 Å². The molecule has 1 aromatic carbocycles. The van der Waals surface area contributed by atoms with Gasteiger partial charge < -0.3 is 4.42 Å². The average molecular weight is 358 g/mol. The van der Waals surface area contributed by atoms with Crippen molar-refractivity contribution in [3.8, 4) is 0 Å². The van der Waals surface area contributed by atoms with Crippen molar-refractivity contribution in [3.05, 3.63) is 45.6 Å². The fraction of sp³-hybridized carbons (Fsp3) is 0.0909. The Morgan fingerprint density at radius 2 is 1.79 bits per heavy atom. The van der Waals surface area contributed by atoms with Crippen LogP contribution in [0.4, 0.5) is 0 Å². The van der Waals surface area contributed by atoms with Crippen molar-refractivity contribution < 1.29 is 4.42 Å². The van der Waals surface area contributed by atoms with Gasteiger partial charge in [-0.1, -0.05) is 64.1 Å². The molecule has 0 aliphatic rings. The van der Waals surface area contributed by atoms with E-state index in [2.05, 4.69) is 10.2 Å². The van der Waals surface area contributed by atoms with E-state index in [9.17, 15) is 0 Å². The van der Waals surface area contributed by atoms with Crippen LogP contribution in [0.2, 0.25) is 10.0 Å². The van der Waals surface area contributed by atoms with Crippen molar-refractivity contribution in [1.29, 1.82) is 0 Å². The molecule has 0 radical (unpaired) electrons. The maximum atomic E-state index is 6.01. The first-order chi connectivity index (χ1) is 8.86. The summed E-state index contributed by atoms with van der Waals surface area (Å²) in [4.78, 5) is 0. The van der Waals surface area contributed by atoms with Crippen molar-refractivity contribution in [2.75, 3.05) is 0 Å². The lowest BCUT2D eigenvalue weighted by molar-refractivity contribution is 0.493. The lowest BCUT2D eigenvalue weighted by Gasteiger charge is -2.01. The zero-order valence-corrected chi connectivity index (χ0v) is 12.9. The zero-order chi connectivity index (χ0) is 14.0. The number of aromatic nitrogens is 2. The predicted octanol–water partition coefficient (Wildman–Crippen LogP) is 5.37. The van der Waals surface area contributed by atoms with Gasteiger partial charge in [-0.25, -0.2) is 0 Å². The Kier molecular flexibility index (Phi) is 4.64. The van der Waals surface area contributed by atoms with Gasteiger partial charge in [-0.15, -0.1) is 10.2 Å². The summed E-state index contributed by atoms with van der Waals surface area (Å²) in [7, 11) is 0. The van der Waals surface area contributed by atoms with Gasteiger partial charge in [-0.05, 0) is 23.8 Å². The van der Waals surface area contributed by atoms with Gasteiger partial charge in [0.15, 0.2) is 0 Å². The van der Waals surface area contributed by atoms with Crippen LogP contribution in [0, 0.1) is 0 Å². The molecule has 0 fully saturated rings. The van der Waals surface area contributed by atoms with Crippen LogP contribution in [0.15, 0.2) is 22.6 Å². The summed E-state index contributed by atoms with van der Waals surface area (Å²) >= 11 is 28.6. The van der Waals surface area contributed by atoms with Gasteiger partial charge >= 0.3 is 0 Å². The van der Waals surface area contributed by atoms with Gasteiger partial charge in [0.25, 0.3) is 9.68 Å². The summed E-state index contributed by atoms with van der Waals surface area (Å²) in [6.07, 6.45) is 3.25. The summed E-state index contributed by atoms with van der Waals surface area (Å²) in [5, 5.41) is 8.40. The first-order valence-electron chi connectivity index (χ1n) is 4.90. The molecule has 8 heteroatoms. The van der Waals surface area contributed by atoms with Crippen molar-refractivity contribution in [3.63, 3.8) is 0 Å². The summed E-state index contributed by atoms with van der Waals surface area (Å²) in [6.45, 7) is 0. The SMILES string of the molecule is Clc1ccc(C=Cc2nnc(C(Cl)(Cl)Cl)o2)c(Cl)c1. The van der Waals surface area contributed by atoms with E-state index in [4.69, 9.17) is 62.4 Å². The molecule has 0 spiro atoms. The molecule has 3 nitrogen and oxygen atoms in total. The van der Waals surface area contributed by atoms with Crippen LogP contribution < -0.4 is 0 Å². The molecule has 0 saturated heterocycles. The van der Waals surface area contributed by atoms with E-state index in [1.165, 1.54) is 0 Å². The van der Waals surface area contributed by atoms with Crippen molar-refractivity contribution in [2.45, 2.75) is 3.79 Å². The van der Waals surface area contributed by atoms with E-state index >= 15 is 0 Å². The van der Waals surface area contributed by atoms with Crippen molar-refractivity contribution >= 4 is 70.2 Å². The minimum absolute atomic E-state index is 0.0978. The normalized spacial score (nSPS) is 12.3. The molecule has 0 unspecified atom stereocenters. The highest BCUT2D eigenvalue weighted by molar-refractivity contribution is 6.66. The highest BCUT2D eigenvalue weighted by Gasteiger charge is 2.29. The number of hydrogen-bond acceptors (Lipinski definition) is 3. The maximum Gasteiger partial charge on any atom is 0.268 e. The molecule has 0 aliphatic heterocycles. The Morgan fingerprint density at radius 1 is 1.05 bits per heavy atom. The minimum atomic E-state index is -1.74. The van der Waals surface area contributed by atoms with Crippen molar-refractivity contribution in [1.82, 2.24) is 10.2 Å². The van der Waals surface area contributed by atoms with Crippen LogP contribution >= 0.6 is 58.0 Å². The molecule has 0 amide bonds. The van der Waals surface area contributed by atoms with Gasteiger partial charge in [0.1, 0.15) is 0 Å². The van der Waals surface area contributed by atoms with Gasteiger partial charge in [0, 0.05) is 16.1 Å². The average Bonchev–Trinajstić information content (AvgIpc) is 2.76. The standard InChI is InChI=1S/C11H5Cl5N2O/c12-7-3-1-6(8(13)5-7)2-4-9-17-18-10(19-9)11(14,15)16/h1-5H. The summed E-state index contributed by atoms with van der Waals surface area (Å²) < 4.78 is 3.42. The predicted molar refractivity (Wildman–Crippen MR) is 78.9 cm³/mol. The molecule has 100 valence electrons. The zero-order valence-electron chi connectivity index (χ0n) is 9.08. The van der Waals surface area contributed by atoms with Gasteiger partial charge in [-0.3, -0.25) is 0 Å². The Balaban J connectivity index is 2.21. The number of halogens is 5. The van der Waals surface area contributed by atoms with Crippen LogP contribution in [-0.4, -0.2) is 10.2 Å². The quantitative estimate of drug-likeness (QED) is 0.677. The summed E-state index contributed by atoms with van der Waals surface area (Å²) in [5.41, 5.74) is 0.750. The van der Waals surface area contributed by atoms with Crippen LogP contribution in [-0.2, 0) is 3.79 Å². The molecule has 0 aliphatic carbocycles. The Bertz CT molecular complexity index is 618. The molecule has 0 N–H and O–H groups in total. The Labute approximate surface area is 134 Å². The molecule has 19 heavy (non-hydrogen) atoms. The second-order valence-corrected chi connectivity index (χ2v) is 6.57. The van der Waals surface area contributed by atoms with E-state index in [1.54, 1.807) is 30.4 Å². The third kappa shape index (κ3) is 4.01. The molecule has 2 rings (SSSR count). The lowest BCUT2D eigenvalue weighted by Crippen LogP contribution is -1.99. The number of benzene rings is 1. The molecule has 2 aromatic rings. The van der Waals surface area contributed by atoms with Gasteiger partial charge in [0.05, 0.1) is 0 Å². The van der Waals surface area contributed by atoms with E-state index < -0.39 is 3.79 Å². The molecule has 0 saturated carbocycles. The second kappa shape index (κ2) is 5.90. The lowest BCUT2D eigenvalue weighted by atomic mass is 10.2. The second-order valence-electron chi connectivity index (χ2n) is 3.44. The summed E-state index contributed by atoms with van der Waals surface area (Å²) in [5.74, 6) is 0.103. The Morgan fingerprint density at radius 3 is 2.37 bits per heavy atom. The number of hydrogen-bond donors (Lipinski definition) is 0. The molecule has 0 bridgehead atoms. The molecular weight excluding hydrogens is 353 g/mol. The monoisotopic (exact) mass is 356 g/mol. The number of rotatable bonds is 2. The topological polar surface area (TPSA) is 38.9 Å². The van der Waals surface area contributed by atoms with E-state index in [1.807, 2.05) is 0 Å². The number of alkyl halides is 3. The first-order valence-corrected chi connectivity index (χ1v) is 6.79. The fourth-order valence-corrected chi connectivity index (χ4v) is 1.91. The van der Waals surface area contributed by atoms with Crippen LogP contribution in [0.1, 0.15) is 17.3 Å². The first kappa shape index (κ1) is 14.9. The Hall–Kier alpha value is -0.450. The molecule has 0 atom stereocenters. The third-order valence-electron chi connectivity index (χ3n) is 2.05. The highest BCUT2D eigenvalue weighted by atomic mass is 35.6. The molecular formula is C11H5Cl5N2O. The largest absolute Gasteiger partial charge is 0.417 e. The van der Waals surface area contributed by atoms with E-state index in [0.717, 1.165) is 5.56 Å². The van der Waals surface area contributed by atoms with Crippen molar-refractivity contribution in [2.24, 2.45) is 0 Å². The number of nitrogens with zero attached hydrogens (tertiary/aromatic N) is 2.